The molecule has 4 rings (SSSR count). The second-order valence-corrected chi connectivity index (χ2v) is 5.07. The van der Waals surface area contributed by atoms with Crippen molar-refractivity contribution in [2.24, 2.45) is 0 Å². The molecule has 0 bridgehead atoms. The van der Waals surface area contributed by atoms with Gasteiger partial charge in [0, 0.05) is 21.7 Å². The monoisotopic (exact) mass is 247 g/mol. The third kappa shape index (κ3) is 1.43. The molecular weight excluding hydrogens is 234 g/mol. The topological polar surface area (TPSA) is 36.0 Å². The number of hydrogen-bond donors (Lipinski definition) is 2. The van der Waals surface area contributed by atoms with E-state index in [0.717, 1.165) is 21.8 Å². The van der Waals surface area contributed by atoms with Crippen molar-refractivity contribution in [3.8, 4) is 5.75 Å². The molecule has 0 amide bonds. The lowest BCUT2D eigenvalue weighted by Gasteiger charge is -2.01. The molecule has 0 saturated heterocycles. The molecule has 0 atom stereocenters. The number of fused-ring (bicyclic) bond motifs is 5. The Morgan fingerprint density at radius 1 is 0.842 bits per heavy atom. The van der Waals surface area contributed by atoms with E-state index in [0.29, 0.717) is 5.75 Å². The summed E-state index contributed by atoms with van der Waals surface area (Å²) in [6, 6.07) is 16.2. The van der Waals surface area contributed by atoms with Gasteiger partial charge in [-0.1, -0.05) is 35.9 Å². The Morgan fingerprint density at radius 2 is 1.68 bits per heavy atom. The van der Waals surface area contributed by atoms with Gasteiger partial charge < -0.3 is 10.1 Å². The molecule has 1 heterocycles. The Hall–Kier alpha value is -2.48. The summed E-state index contributed by atoms with van der Waals surface area (Å²) in [5.74, 6) is 0.303. The number of aromatic amines is 1. The van der Waals surface area contributed by atoms with E-state index in [2.05, 4.69) is 42.2 Å². The first-order chi connectivity index (χ1) is 9.22. The fourth-order valence-electron chi connectivity index (χ4n) is 2.81. The minimum Gasteiger partial charge on any atom is -0.508 e. The first kappa shape index (κ1) is 10.4. The van der Waals surface area contributed by atoms with E-state index in [1.54, 1.807) is 6.07 Å². The van der Waals surface area contributed by atoms with Crippen LogP contribution in [0.3, 0.4) is 0 Å². The lowest BCUT2D eigenvalue weighted by atomic mass is 10.0. The number of aromatic hydroxyl groups is 1. The van der Waals surface area contributed by atoms with Gasteiger partial charge in [-0.3, -0.25) is 0 Å². The van der Waals surface area contributed by atoms with Crippen LogP contribution in [0.4, 0.5) is 0 Å². The Morgan fingerprint density at radius 3 is 2.58 bits per heavy atom. The summed E-state index contributed by atoms with van der Waals surface area (Å²) in [4.78, 5) is 3.46. The second kappa shape index (κ2) is 3.51. The summed E-state index contributed by atoms with van der Waals surface area (Å²) in [7, 11) is 0. The van der Waals surface area contributed by atoms with Crippen LogP contribution >= 0.6 is 0 Å². The van der Waals surface area contributed by atoms with Crippen LogP contribution in [0, 0.1) is 6.92 Å². The van der Waals surface area contributed by atoms with Gasteiger partial charge in [0.1, 0.15) is 5.75 Å². The van der Waals surface area contributed by atoms with Gasteiger partial charge in [0.2, 0.25) is 0 Å². The highest BCUT2D eigenvalue weighted by Crippen LogP contribution is 2.33. The van der Waals surface area contributed by atoms with Crippen molar-refractivity contribution in [1.82, 2.24) is 4.98 Å². The maximum atomic E-state index is 9.64. The molecular formula is C17H13NO. The molecule has 0 unspecified atom stereocenters. The Labute approximate surface area is 110 Å². The fourth-order valence-corrected chi connectivity index (χ4v) is 2.81. The molecule has 0 saturated carbocycles. The smallest absolute Gasteiger partial charge is 0.116 e. The number of phenols is 1. The molecule has 4 aromatic rings. The van der Waals surface area contributed by atoms with Crippen LogP contribution in [-0.4, -0.2) is 10.1 Å². The van der Waals surface area contributed by atoms with Crippen molar-refractivity contribution in [2.75, 3.05) is 0 Å². The molecule has 92 valence electrons. The van der Waals surface area contributed by atoms with Crippen LogP contribution in [0.15, 0.2) is 48.5 Å². The highest BCUT2D eigenvalue weighted by molar-refractivity contribution is 6.17. The number of benzene rings is 3. The quantitative estimate of drug-likeness (QED) is 0.472. The Bertz CT molecular complexity index is 934. The van der Waals surface area contributed by atoms with Crippen LogP contribution in [0.2, 0.25) is 0 Å². The van der Waals surface area contributed by atoms with Crippen LogP contribution in [-0.2, 0) is 0 Å². The Balaban J connectivity index is 2.25. The molecule has 0 aliphatic carbocycles. The third-order valence-electron chi connectivity index (χ3n) is 3.73. The second-order valence-electron chi connectivity index (χ2n) is 5.07. The minimum atomic E-state index is 0.303. The highest BCUT2D eigenvalue weighted by atomic mass is 16.3. The van der Waals surface area contributed by atoms with Gasteiger partial charge in [0.05, 0.1) is 5.52 Å². The molecule has 0 aliphatic heterocycles. The molecule has 0 aliphatic rings. The summed E-state index contributed by atoms with van der Waals surface area (Å²) >= 11 is 0. The standard InChI is InChI=1S/C17H13NO/c1-10-2-5-13-11(8-10)3-6-14-15-9-12(19)4-7-16(15)18-17(13)14/h2-9,18-19H,1H3. The largest absolute Gasteiger partial charge is 0.508 e. The molecule has 19 heavy (non-hydrogen) atoms. The summed E-state index contributed by atoms with van der Waals surface area (Å²) in [5, 5.41) is 14.3. The molecule has 2 nitrogen and oxygen atoms in total. The number of aryl methyl sites for hydroxylation is 1. The average molecular weight is 247 g/mol. The molecule has 2 heteroatoms. The maximum absolute atomic E-state index is 9.64. The highest BCUT2D eigenvalue weighted by Gasteiger charge is 2.08. The molecule has 2 N–H and O–H groups in total. The van der Waals surface area contributed by atoms with Crippen molar-refractivity contribution in [1.29, 1.82) is 0 Å². The molecule has 1 aromatic heterocycles. The summed E-state index contributed by atoms with van der Waals surface area (Å²) in [6.07, 6.45) is 0. The number of nitrogens with one attached hydrogen (secondary N) is 1. The average Bonchev–Trinajstić information content (AvgIpc) is 2.76. The van der Waals surface area contributed by atoms with Crippen LogP contribution in [0.5, 0.6) is 5.75 Å². The third-order valence-corrected chi connectivity index (χ3v) is 3.73. The van der Waals surface area contributed by atoms with E-state index in [4.69, 9.17) is 0 Å². The van der Waals surface area contributed by atoms with Crippen molar-refractivity contribution < 1.29 is 5.11 Å². The van der Waals surface area contributed by atoms with Crippen molar-refractivity contribution in [3.63, 3.8) is 0 Å². The molecule has 0 radical (unpaired) electrons. The SMILES string of the molecule is Cc1ccc2c(ccc3c4cc(O)ccc4[nH]c23)c1. The maximum Gasteiger partial charge on any atom is 0.116 e. The van der Waals surface area contributed by atoms with E-state index < -0.39 is 0 Å². The molecule has 0 fully saturated rings. The van der Waals surface area contributed by atoms with E-state index in [1.165, 1.54) is 16.3 Å². The van der Waals surface area contributed by atoms with Gasteiger partial charge in [-0.2, -0.15) is 0 Å². The lowest BCUT2D eigenvalue weighted by Crippen LogP contribution is -1.77. The first-order valence-corrected chi connectivity index (χ1v) is 6.36. The van der Waals surface area contributed by atoms with Crippen molar-refractivity contribution >= 4 is 32.6 Å². The number of aromatic nitrogens is 1. The summed E-state index contributed by atoms with van der Waals surface area (Å²) in [6.45, 7) is 2.10. The molecule has 0 spiro atoms. The van der Waals surface area contributed by atoms with Gasteiger partial charge in [-0.05, 0) is 30.5 Å². The van der Waals surface area contributed by atoms with Gasteiger partial charge in [-0.25, -0.2) is 0 Å². The predicted molar refractivity (Wildman–Crippen MR) is 79.7 cm³/mol. The number of hydrogen-bond acceptors (Lipinski definition) is 1. The summed E-state index contributed by atoms with van der Waals surface area (Å²) < 4.78 is 0. The van der Waals surface area contributed by atoms with Crippen LogP contribution in [0.25, 0.3) is 32.6 Å². The number of H-pyrrole nitrogens is 1. The first-order valence-electron chi connectivity index (χ1n) is 6.36. The van der Waals surface area contributed by atoms with Gasteiger partial charge in [0.25, 0.3) is 0 Å². The minimum absolute atomic E-state index is 0.303. The van der Waals surface area contributed by atoms with E-state index in [-0.39, 0.29) is 0 Å². The number of rotatable bonds is 0. The zero-order valence-corrected chi connectivity index (χ0v) is 10.6. The summed E-state index contributed by atoms with van der Waals surface area (Å²) in [5.41, 5.74) is 3.46. The van der Waals surface area contributed by atoms with Gasteiger partial charge in [-0.15, -0.1) is 0 Å². The van der Waals surface area contributed by atoms with Crippen LogP contribution in [0.1, 0.15) is 5.56 Å². The van der Waals surface area contributed by atoms with E-state index in [1.807, 2.05) is 12.1 Å². The lowest BCUT2D eigenvalue weighted by molar-refractivity contribution is 0.476. The normalized spacial score (nSPS) is 11.6. The Kier molecular flexibility index (Phi) is 1.93. The molecule has 3 aromatic carbocycles. The van der Waals surface area contributed by atoms with Gasteiger partial charge in [0.15, 0.2) is 0 Å². The zero-order valence-electron chi connectivity index (χ0n) is 10.6. The van der Waals surface area contributed by atoms with E-state index in [9.17, 15) is 5.11 Å². The fraction of sp³-hybridized carbons (Fsp3) is 0.0588. The van der Waals surface area contributed by atoms with E-state index >= 15 is 0 Å². The predicted octanol–water partition coefficient (Wildman–Crippen LogP) is 4.49. The van der Waals surface area contributed by atoms with Gasteiger partial charge >= 0.3 is 0 Å². The zero-order chi connectivity index (χ0) is 13.0. The number of phenolic OH excluding ortho intramolecular Hbond substituents is 1. The van der Waals surface area contributed by atoms with Crippen molar-refractivity contribution in [3.05, 3.63) is 54.1 Å². The van der Waals surface area contributed by atoms with Crippen LogP contribution < -0.4 is 0 Å². The van der Waals surface area contributed by atoms with Crippen molar-refractivity contribution in [2.45, 2.75) is 6.92 Å².